The van der Waals surface area contributed by atoms with E-state index in [4.69, 9.17) is 14.2 Å². The zero-order valence-corrected chi connectivity index (χ0v) is 44.0. The lowest BCUT2D eigenvalue weighted by molar-refractivity contribution is -0.167. The van der Waals surface area contributed by atoms with Crippen LogP contribution in [0.15, 0.2) is 48.6 Å². The average Bonchev–Trinajstić information content (AvgIpc) is 3.31. The van der Waals surface area contributed by atoms with E-state index in [-0.39, 0.29) is 31.1 Å². The van der Waals surface area contributed by atoms with Crippen LogP contribution in [-0.2, 0) is 28.6 Å². The van der Waals surface area contributed by atoms with Gasteiger partial charge < -0.3 is 14.2 Å². The van der Waals surface area contributed by atoms with E-state index < -0.39 is 6.10 Å². The Morgan fingerprint density at radius 2 is 0.591 bits per heavy atom. The Labute approximate surface area is 409 Å². The van der Waals surface area contributed by atoms with Crippen molar-refractivity contribution in [3.05, 3.63) is 48.6 Å². The van der Waals surface area contributed by atoms with E-state index in [0.29, 0.717) is 19.3 Å². The minimum absolute atomic E-state index is 0.0710. The molecule has 0 aromatic rings. The van der Waals surface area contributed by atoms with Crippen molar-refractivity contribution in [1.29, 1.82) is 0 Å². The van der Waals surface area contributed by atoms with Gasteiger partial charge >= 0.3 is 17.9 Å². The molecule has 0 fully saturated rings. The molecular formula is C60H108O6. The van der Waals surface area contributed by atoms with Crippen LogP contribution in [0.1, 0.15) is 297 Å². The molecule has 1 unspecified atom stereocenters. The van der Waals surface area contributed by atoms with Gasteiger partial charge in [-0.25, -0.2) is 0 Å². The third kappa shape index (κ3) is 52.3. The number of esters is 3. The Hall–Kier alpha value is -2.63. The average molecular weight is 926 g/mol. The van der Waals surface area contributed by atoms with Crippen molar-refractivity contribution in [1.82, 2.24) is 0 Å². The molecule has 0 saturated carbocycles. The Kier molecular flexibility index (Phi) is 52.8. The molecule has 0 aromatic heterocycles. The fraction of sp³-hybridized carbons (Fsp3) is 0.817. The van der Waals surface area contributed by atoms with Gasteiger partial charge in [-0.05, 0) is 57.8 Å². The lowest BCUT2D eigenvalue weighted by Gasteiger charge is -2.18. The first kappa shape index (κ1) is 63.4. The Bertz CT molecular complexity index is 1150. The standard InChI is InChI=1S/C60H108O6/c1-4-7-10-13-16-19-22-25-27-28-29-30-31-32-33-36-38-41-44-47-50-53-59(62)65-56-57(55-64-58(61)52-49-46-43-40-37-34-24-21-18-15-12-9-6-3)66-60(63)54-51-48-45-42-39-35-26-23-20-17-14-11-8-5-2/h7,10,16,19,25,27,29-30,57H,4-6,8-9,11-15,17-18,20-24,26,28,31-56H2,1-3H3/b10-7-,19-16-,27-25-,30-29-. The van der Waals surface area contributed by atoms with E-state index >= 15 is 0 Å². The summed E-state index contributed by atoms with van der Waals surface area (Å²) in [5.41, 5.74) is 0. The molecule has 0 N–H and O–H groups in total. The van der Waals surface area contributed by atoms with Crippen LogP contribution in [0, 0.1) is 0 Å². The van der Waals surface area contributed by atoms with Gasteiger partial charge in [-0.3, -0.25) is 14.4 Å². The van der Waals surface area contributed by atoms with Crippen molar-refractivity contribution in [2.75, 3.05) is 13.2 Å². The van der Waals surface area contributed by atoms with Gasteiger partial charge in [0.05, 0.1) is 0 Å². The van der Waals surface area contributed by atoms with Gasteiger partial charge in [0.1, 0.15) is 13.2 Å². The zero-order chi connectivity index (χ0) is 47.9. The lowest BCUT2D eigenvalue weighted by atomic mass is 10.0. The number of rotatable bonds is 52. The monoisotopic (exact) mass is 925 g/mol. The fourth-order valence-corrected chi connectivity index (χ4v) is 8.32. The Morgan fingerprint density at radius 3 is 0.924 bits per heavy atom. The first-order valence-corrected chi connectivity index (χ1v) is 28.6. The van der Waals surface area contributed by atoms with E-state index in [1.54, 1.807) is 0 Å². The van der Waals surface area contributed by atoms with Gasteiger partial charge in [-0.15, -0.1) is 0 Å². The van der Waals surface area contributed by atoms with Crippen LogP contribution < -0.4 is 0 Å². The molecule has 0 aliphatic rings. The molecule has 6 heteroatoms. The third-order valence-corrected chi connectivity index (χ3v) is 12.6. The number of hydrogen-bond acceptors (Lipinski definition) is 6. The normalized spacial score (nSPS) is 12.3. The van der Waals surface area contributed by atoms with Crippen LogP contribution in [-0.4, -0.2) is 37.2 Å². The minimum atomic E-state index is -0.772. The lowest BCUT2D eigenvalue weighted by Crippen LogP contribution is -2.30. The van der Waals surface area contributed by atoms with Crippen molar-refractivity contribution in [3.63, 3.8) is 0 Å². The molecule has 0 amide bonds. The summed E-state index contributed by atoms with van der Waals surface area (Å²) in [6.07, 6.45) is 66.7. The molecule has 1 atom stereocenters. The number of unbranched alkanes of at least 4 members (excludes halogenated alkanes) is 33. The highest BCUT2D eigenvalue weighted by atomic mass is 16.6. The number of ether oxygens (including phenoxy) is 3. The molecule has 66 heavy (non-hydrogen) atoms. The smallest absolute Gasteiger partial charge is 0.306 e. The Balaban J connectivity index is 4.32. The molecule has 0 aromatic carbocycles. The van der Waals surface area contributed by atoms with Crippen LogP contribution in [0.3, 0.4) is 0 Å². The molecule has 0 radical (unpaired) electrons. The summed E-state index contributed by atoms with van der Waals surface area (Å²) in [4.78, 5) is 38.1. The summed E-state index contributed by atoms with van der Waals surface area (Å²) in [6.45, 7) is 6.55. The van der Waals surface area contributed by atoms with Crippen LogP contribution in [0.25, 0.3) is 0 Å². The molecule has 0 aliphatic heterocycles. The van der Waals surface area contributed by atoms with Crippen LogP contribution in [0.4, 0.5) is 0 Å². The second-order valence-electron chi connectivity index (χ2n) is 19.2. The molecule has 0 rings (SSSR count). The quantitative estimate of drug-likeness (QED) is 0.0262. The topological polar surface area (TPSA) is 78.9 Å². The van der Waals surface area contributed by atoms with Crippen molar-refractivity contribution < 1.29 is 28.6 Å². The first-order valence-electron chi connectivity index (χ1n) is 28.6. The molecule has 6 nitrogen and oxygen atoms in total. The zero-order valence-electron chi connectivity index (χ0n) is 44.0. The molecule has 0 bridgehead atoms. The maximum atomic E-state index is 12.8. The van der Waals surface area contributed by atoms with E-state index in [1.807, 2.05) is 0 Å². The highest BCUT2D eigenvalue weighted by molar-refractivity contribution is 5.71. The van der Waals surface area contributed by atoms with Crippen molar-refractivity contribution >= 4 is 17.9 Å². The van der Waals surface area contributed by atoms with Crippen LogP contribution >= 0.6 is 0 Å². The molecule has 0 heterocycles. The van der Waals surface area contributed by atoms with Gasteiger partial charge in [0, 0.05) is 19.3 Å². The molecule has 0 saturated heterocycles. The van der Waals surface area contributed by atoms with Crippen molar-refractivity contribution in [2.24, 2.45) is 0 Å². The van der Waals surface area contributed by atoms with E-state index in [0.717, 1.165) is 89.9 Å². The van der Waals surface area contributed by atoms with Crippen LogP contribution in [0.5, 0.6) is 0 Å². The first-order chi connectivity index (χ1) is 32.5. The van der Waals surface area contributed by atoms with Crippen molar-refractivity contribution in [2.45, 2.75) is 303 Å². The highest BCUT2D eigenvalue weighted by Gasteiger charge is 2.19. The van der Waals surface area contributed by atoms with E-state index in [2.05, 4.69) is 69.4 Å². The summed E-state index contributed by atoms with van der Waals surface area (Å²) in [5.74, 6) is -0.863. The van der Waals surface area contributed by atoms with E-state index in [9.17, 15) is 14.4 Å². The van der Waals surface area contributed by atoms with Gasteiger partial charge in [-0.1, -0.05) is 268 Å². The van der Waals surface area contributed by atoms with Gasteiger partial charge in [0.15, 0.2) is 6.10 Å². The predicted molar refractivity (Wildman–Crippen MR) is 284 cm³/mol. The minimum Gasteiger partial charge on any atom is -0.462 e. The number of hydrogen-bond donors (Lipinski definition) is 0. The maximum Gasteiger partial charge on any atom is 0.306 e. The number of allylic oxidation sites excluding steroid dienone is 8. The summed E-state index contributed by atoms with van der Waals surface area (Å²) >= 11 is 0. The van der Waals surface area contributed by atoms with Crippen LogP contribution in [0.2, 0.25) is 0 Å². The Morgan fingerprint density at radius 1 is 0.318 bits per heavy atom. The second-order valence-corrected chi connectivity index (χ2v) is 19.2. The SMILES string of the molecule is CC/C=C\C/C=C\C/C=C\C/C=C\CCCCCCCCCCC(=O)OCC(COC(=O)CCCCCCCCCCCCCCC)OC(=O)CCCCCCCCCCCCCCCC. The van der Waals surface area contributed by atoms with Crippen molar-refractivity contribution in [3.8, 4) is 0 Å². The molecule has 384 valence electrons. The number of carbonyl (C=O) groups is 3. The van der Waals surface area contributed by atoms with E-state index in [1.165, 1.54) is 167 Å². The summed E-state index contributed by atoms with van der Waals surface area (Å²) in [7, 11) is 0. The molecule has 0 spiro atoms. The molecule has 0 aliphatic carbocycles. The summed E-state index contributed by atoms with van der Waals surface area (Å²) in [5, 5.41) is 0. The largest absolute Gasteiger partial charge is 0.462 e. The maximum absolute atomic E-state index is 12.8. The fourth-order valence-electron chi connectivity index (χ4n) is 8.32. The second kappa shape index (κ2) is 55.0. The third-order valence-electron chi connectivity index (χ3n) is 12.6. The predicted octanol–water partition coefficient (Wildman–Crippen LogP) is 19.0. The summed E-state index contributed by atoms with van der Waals surface area (Å²) < 4.78 is 16.9. The highest BCUT2D eigenvalue weighted by Crippen LogP contribution is 2.16. The van der Waals surface area contributed by atoms with Gasteiger partial charge in [0.25, 0.3) is 0 Å². The van der Waals surface area contributed by atoms with Gasteiger partial charge in [0.2, 0.25) is 0 Å². The number of carbonyl (C=O) groups excluding carboxylic acids is 3. The van der Waals surface area contributed by atoms with Gasteiger partial charge in [-0.2, -0.15) is 0 Å². The molecular weight excluding hydrogens is 817 g/mol. The summed E-state index contributed by atoms with van der Waals surface area (Å²) in [6, 6.07) is 0.